The van der Waals surface area contributed by atoms with Crippen LogP contribution in [0.25, 0.3) is 6.08 Å². The van der Waals surface area contributed by atoms with Crippen LogP contribution >= 0.6 is 11.3 Å². The quantitative estimate of drug-likeness (QED) is 0.440. The van der Waals surface area contributed by atoms with Crippen LogP contribution in [0, 0.1) is 13.8 Å². The molecule has 1 heterocycles. The van der Waals surface area contributed by atoms with Gasteiger partial charge in [-0.25, -0.2) is 18.1 Å². The van der Waals surface area contributed by atoms with Crippen molar-refractivity contribution in [1.29, 1.82) is 0 Å². The Labute approximate surface area is 192 Å². The summed E-state index contributed by atoms with van der Waals surface area (Å²) >= 11 is 1.34. The lowest BCUT2D eigenvalue weighted by molar-refractivity contribution is 0.0949. The molecule has 2 aromatic carbocycles. The molecule has 0 aliphatic heterocycles. The summed E-state index contributed by atoms with van der Waals surface area (Å²) in [5, 5.41) is 6.10. The van der Waals surface area contributed by atoms with Crippen LogP contribution in [0.5, 0.6) is 5.75 Å². The van der Waals surface area contributed by atoms with E-state index in [1.54, 1.807) is 17.5 Å². The van der Waals surface area contributed by atoms with Crippen molar-refractivity contribution in [3.63, 3.8) is 0 Å². The molecule has 0 bridgehead atoms. The summed E-state index contributed by atoms with van der Waals surface area (Å²) < 4.78 is 32.2. The molecule has 0 radical (unpaired) electrons. The Morgan fingerprint density at radius 2 is 1.81 bits per heavy atom. The number of nitrogens with zero attached hydrogens (tertiary/aromatic N) is 1. The van der Waals surface area contributed by atoms with E-state index >= 15 is 0 Å². The van der Waals surface area contributed by atoms with Gasteiger partial charge in [-0.15, -0.1) is 11.3 Å². The number of hydrogen-bond acceptors (Lipinski definition) is 6. The Morgan fingerprint density at radius 1 is 1.09 bits per heavy atom. The topological polar surface area (TPSA) is 97.4 Å². The third-order valence-corrected chi connectivity index (χ3v) is 6.22. The molecule has 9 heteroatoms. The zero-order valence-electron chi connectivity index (χ0n) is 17.9. The van der Waals surface area contributed by atoms with Crippen LogP contribution in [0.15, 0.2) is 59.3 Å². The van der Waals surface area contributed by atoms with Gasteiger partial charge in [-0.3, -0.25) is 4.79 Å². The van der Waals surface area contributed by atoms with Gasteiger partial charge in [0.25, 0.3) is 5.91 Å². The zero-order chi connectivity index (χ0) is 23.0. The van der Waals surface area contributed by atoms with Crippen LogP contribution < -0.4 is 14.8 Å². The number of amides is 1. The second-order valence-corrected chi connectivity index (χ2v) is 9.74. The highest BCUT2D eigenvalue weighted by Gasteiger charge is 2.12. The van der Waals surface area contributed by atoms with E-state index in [0.29, 0.717) is 5.01 Å². The normalized spacial score (nSPS) is 11.6. The molecule has 1 amide bonds. The molecule has 1 aromatic heterocycles. The molecule has 2 N–H and O–H groups in total. The number of nitrogens with one attached hydrogen (secondary N) is 2. The van der Waals surface area contributed by atoms with Crippen LogP contribution in [0.4, 0.5) is 0 Å². The van der Waals surface area contributed by atoms with Crippen molar-refractivity contribution in [2.45, 2.75) is 20.5 Å². The predicted octanol–water partition coefficient (Wildman–Crippen LogP) is 3.66. The smallest absolute Gasteiger partial charge is 0.270 e. The maximum atomic E-state index is 12.3. The summed E-state index contributed by atoms with van der Waals surface area (Å²) in [6.07, 6.45) is 1.51. The molecule has 0 aliphatic carbocycles. The minimum absolute atomic E-state index is 0.0695. The lowest BCUT2D eigenvalue weighted by Crippen LogP contribution is -2.34. The Balaban J connectivity index is 1.42. The first-order valence-electron chi connectivity index (χ1n) is 9.97. The number of aryl methyl sites for hydroxylation is 2. The molecule has 0 atom stereocenters. The van der Waals surface area contributed by atoms with Crippen molar-refractivity contribution in [2.75, 3.05) is 13.1 Å². The van der Waals surface area contributed by atoms with E-state index in [-0.39, 0.29) is 31.3 Å². The maximum absolute atomic E-state index is 12.3. The minimum atomic E-state index is -3.59. The molecule has 3 rings (SSSR count). The Morgan fingerprint density at radius 3 is 2.53 bits per heavy atom. The van der Waals surface area contributed by atoms with Crippen molar-refractivity contribution >= 4 is 33.3 Å². The van der Waals surface area contributed by atoms with E-state index in [4.69, 9.17) is 4.74 Å². The van der Waals surface area contributed by atoms with E-state index in [9.17, 15) is 13.2 Å². The van der Waals surface area contributed by atoms with E-state index in [1.165, 1.54) is 17.4 Å². The van der Waals surface area contributed by atoms with Crippen LogP contribution in [0.1, 0.15) is 32.2 Å². The molecule has 32 heavy (non-hydrogen) atoms. The number of aromatic nitrogens is 1. The highest BCUT2D eigenvalue weighted by molar-refractivity contribution is 7.92. The zero-order valence-corrected chi connectivity index (χ0v) is 19.5. The molecule has 0 saturated heterocycles. The van der Waals surface area contributed by atoms with E-state index in [2.05, 4.69) is 21.1 Å². The fourth-order valence-electron chi connectivity index (χ4n) is 2.88. The third-order valence-electron chi connectivity index (χ3n) is 4.29. The maximum Gasteiger partial charge on any atom is 0.270 e. The lowest BCUT2D eigenvalue weighted by Gasteiger charge is -2.06. The molecule has 7 nitrogen and oxygen atoms in total. The number of benzene rings is 2. The van der Waals surface area contributed by atoms with Gasteiger partial charge in [-0.05, 0) is 48.7 Å². The van der Waals surface area contributed by atoms with Crippen molar-refractivity contribution in [3.8, 4) is 5.75 Å². The highest BCUT2D eigenvalue weighted by atomic mass is 32.2. The van der Waals surface area contributed by atoms with Crippen molar-refractivity contribution < 1.29 is 17.9 Å². The van der Waals surface area contributed by atoms with E-state index in [0.717, 1.165) is 27.8 Å². The van der Waals surface area contributed by atoms with Crippen LogP contribution in [0.3, 0.4) is 0 Å². The number of ether oxygens (including phenoxy) is 1. The average Bonchev–Trinajstić information content (AvgIpc) is 3.23. The van der Waals surface area contributed by atoms with Crippen molar-refractivity contribution in [3.05, 3.63) is 86.7 Å². The summed E-state index contributed by atoms with van der Waals surface area (Å²) in [7, 11) is -3.59. The summed E-state index contributed by atoms with van der Waals surface area (Å²) in [5.41, 5.74) is 3.30. The molecule has 0 spiro atoms. The first kappa shape index (κ1) is 23.6. The van der Waals surface area contributed by atoms with Gasteiger partial charge in [0.05, 0.1) is 0 Å². The summed E-state index contributed by atoms with van der Waals surface area (Å²) in [6.45, 7) is 4.49. The molecular weight excluding hydrogens is 446 g/mol. The number of carbonyl (C=O) groups excluding carboxylic acids is 1. The number of thiazole rings is 1. The van der Waals surface area contributed by atoms with Crippen LogP contribution in [-0.4, -0.2) is 32.4 Å². The third kappa shape index (κ3) is 7.60. The SMILES string of the molecule is Cc1cc(C)cc(OCc2nc(C(=O)NCCNS(=O)(=O)/C=C/c3ccccc3)cs2)c1. The average molecular weight is 472 g/mol. The second kappa shape index (κ2) is 11.0. The number of sulfonamides is 1. The van der Waals surface area contributed by atoms with Gasteiger partial charge >= 0.3 is 0 Å². The van der Waals surface area contributed by atoms with Gasteiger partial charge in [0, 0.05) is 23.9 Å². The van der Waals surface area contributed by atoms with E-state index in [1.807, 2.05) is 44.2 Å². The van der Waals surface area contributed by atoms with Gasteiger partial charge < -0.3 is 10.1 Å². The highest BCUT2D eigenvalue weighted by Crippen LogP contribution is 2.19. The number of carbonyl (C=O) groups is 1. The lowest BCUT2D eigenvalue weighted by atomic mass is 10.1. The Kier molecular flexibility index (Phi) is 8.15. The molecule has 0 saturated carbocycles. The summed E-state index contributed by atoms with van der Waals surface area (Å²) in [4.78, 5) is 16.6. The monoisotopic (exact) mass is 471 g/mol. The predicted molar refractivity (Wildman–Crippen MR) is 127 cm³/mol. The van der Waals surface area contributed by atoms with Gasteiger partial charge in [-0.2, -0.15) is 0 Å². The van der Waals surface area contributed by atoms with Gasteiger partial charge in [0.15, 0.2) is 0 Å². The standard InChI is InChI=1S/C23H25N3O4S2/c1-17-12-18(2)14-20(13-17)30-15-22-26-21(16-31-22)23(27)24-9-10-25-32(28,29)11-8-19-6-4-3-5-7-19/h3-8,11-14,16,25H,9-10,15H2,1-2H3,(H,24,27)/b11-8+. The van der Waals surface area contributed by atoms with Crippen LogP contribution in [0.2, 0.25) is 0 Å². The summed E-state index contributed by atoms with van der Waals surface area (Å²) in [5.74, 6) is 0.398. The fourth-order valence-corrected chi connectivity index (χ4v) is 4.39. The molecule has 0 fully saturated rings. The molecular formula is C23H25N3O4S2. The molecule has 3 aromatic rings. The molecule has 0 aliphatic rings. The van der Waals surface area contributed by atoms with Crippen LogP contribution in [-0.2, 0) is 16.6 Å². The largest absolute Gasteiger partial charge is 0.486 e. The van der Waals surface area contributed by atoms with Crippen molar-refractivity contribution in [2.24, 2.45) is 0 Å². The Hall–Kier alpha value is -3.01. The number of rotatable bonds is 10. The van der Waals surface area contributed by atoms with E-state index < -0.39 is 10.0 Å². The van der Waals surface area contributed by atoms with Gasteiger partial charge in [0.1, 0.15) is 23.1 Å². The van der Waals surface area contributed by atoms with Crippen molar-refractivity contribution in [1.82, 2.24) is 15.0 Å². The first-order valence-corrected chi connectivity index (χ1v) is 12.4. The first-order chi connectivity index (χ1) is 15.3. The van der Waals surface area contributed by atoms with Gasteiger partial charge in [-0.1, -0.05) is 36.4 Å². The minimum Gasteiger partial charge on any atom is -0.486 e. The second-order valence-electron chi connectivity index (χ2n) is 7.15. The fraction of sp³-hybridized carbons (Fsp3) is 0.217. The Bertz CT molecular complexity index is 1170. The van der Waals surface area contributed by atoms with Gasteiger partial charge in [0.2, 0.25) is 10.0 Å². The molecule has 0 unspecified atom stereocenters. The summed E-state index contributed by atoms with van der Waals surface area (Å²) in [6, 6.07) is 15.1. The molecule has 168 valence electrons. The number of hydrogen-bond donors (Lipinski definition) is 2.